The Balaban J connectivity index is 1.53. The average Bonchev–Trinajstić information content (AvgIpc) is 3.40. The van der Waals surface area contributed by atoms with Gasteiger partial charge in [0.15, 0.2) is 5.82 Å². The molecule has 0 bridgehead atoms. The maximum absolute atomic E-state index is 13.1. The Morgan fingerprint density at radius 1 is 1.23 bits per heavy atom. The standard InChI is InChI=1S/C21H22N4O5/c1-24-18(12-26)22-23-19(24)15-6-3-9-25(11-15)20(27)14-5-2-4-13(10-14)16-7-8-17(30-16)21(28)29/h2,4-5,7-8,10,15,26H,3,6,9,11-12H2,1H3,(H,28,29). The van der Waals surface area contributed by atoms with E-state index < -0.39 is 5.97 Å². The van der Waals surface area contributed by atoms with Gasteiger partial charge in [0.25, 0.3) is 5.91 Å². The van der Waals surface area contributed by atoms with Gasteiger partial charge in [-0.3, -0.25) is 4.79 Å². The van der Waals surface area contributed by atoms with Crippen molar-refractivity contribution in [3.05, 3.63) is 59.4 Å². The molecule has 1 aromatic carbocycles. The SMILES string of the molecule is Cn1c(CO)nnc1C1CCCN(C(=O)c2cccc(-c3ccc(C(=O)O)o3)c2)C1. The van der Waals surface area contributed by atoms with Crippen molar-refractivity contribution in [1.29, 1.82) is 0 Å². The van der Waals surface area contributed by atoms with Crippen molar-refractivity contribution >= 4 is 11.9 Å². The van der Waals surface area contributed by atoms with Crippen molar-refractivity contribution in [2.75, 3.05) is 13.1 Å². The maximum atomic E-state index is 13.1. The number of aromatic nitrogens is 3. The van der Waals surface area contributed by atoms with Crippen LogP contribution < -0.4 is 0 Å². The van der Waals surface area contributed by atoms with E-state index in [1.807, 2.05) is 7.05 Å². The van der Waals surface area contributed by atoms with Crippen LogP contribution in [-0.4, -0.2) is 54.8 Å². The molecule has 3 heterocycles. The Labute approximate surface area is 172 Å². The lowest BCUT2D eigenvalue weighted by Gasteiger charge is -2.32. The molecule has 1 saturated heterocycles. The lowest BCUT2D eigenvalue weighted by atomic mass is 9.96. The fraction of sp³-hybridized carbons (Fsp3) is 0.333. The minimum Gasteiger partial charge on any atom is -0.475 e. The molecule has 9 heteroatoms. The molecule has 2 N–H and O–H groups in total. The molecule has 2 aromatic heterocycles. The van der Waals surface area contributed by atoms with Gasteiger partial charge < -0.3 is 24.1 Å². The Bertz CT molecular complexity index is 1090. The molecule has 1 fully saturated rings. The number of piperidine rings is 1. The van der Waals surface area contributed by atoms with E-state index in [2.05, 4.69) is 10.2 Å². The van der Waals surface area contributed by atoms with Gasteiger partial charge in [-0.05, 0) is 37.1 Å². The number of rotatable bonds is 5. The van der Waals surface area contributed by atoms with Crippen molar-refractivity contribution < 1.29 is 24.2 Å². The molecule has 1 unspecified atom stereocenters. The summed E-state index contributed by atoms with van der Waals surface area (Å²) < 4.78 is 7.14. The number of hydrogen-bond acceptors (Lipinski definition) is 6. The van der Waals surface area contributed by atoms with Crippen LogP contribution in [0.4, 0.5) is 0 Å². The van der Waals surface area contributed by atoms with Gasteiger partial charge in [-0.25, -0.2) is 4.79 Å². The summed E-state index contributed by atoms with van der Waals surface area (Å²) in [7, 11) is 1.82. The Kier molecular flexibility index (Phi) is 5.37. The highest BCUT2D eigenvalue weighted by molar-refractivity contribution is 5.95. The third-order valence-electron chi connectivity index (χ3n) is 5.42. The number of carboxylic acid groups (broad SMARTS) is 1. The molecule has 0 saturated carbocycles. The lowest BCUT2D eigenvalue weighted by Crippen LogP contribution is -2.39. The molecule has 9 nitrogen and oxygen atoms in total. The van der Waals surface area contributed by atoms with E-state index in [9.17, 15) is 14.7 Å². The third kappa shape index (κ3) is 3.71. The summed E-state index contributed by atoms with van der Waals surface area (Å²) in [5, 5.41) is 26.6. The van der Waals surface area contributed by atoms with Gasteiger partial charge in [0, 0.05) is 37.2 Å². The van der Waals surface area contributed by atoms with Gasteiger partial charge in [0.2, 0.25) is 5.76 Å². The number of likely N-dealkylation sites (tertiary alicyclic amines) is 1. The van der Waals surface area contributed by atoms with Gasteiger partial charge in [-0.15, -0.1) is 10.2 Å². The first-order valence-corrected chi connectivity index (χ1v) is 9.69. The van der Waals surface area contributed by atoms with Gasteiger partial charge in [0.1, 0.15) is 18.2 Å². The summed E-state index contributed by atoms with van der Waals surface area (Å²) in [6, 6.07) is 9.95. The molecule has 3 aromatic rings. The molecule has 0 radical (unpaired) electrons. The quantitative estimate of drug-likeness (QED) is 0.662. The fourth-order valence-electron chi connectivity index (χ4n) is 3.84. The number of hydrogen-bond donors (Lipinski definition) is 2. The lowest BCUT2D eigenvalue weighted by molar-refractivity contribution is 0.0661. The number of amides is 1. The van der Waals surface area contributed by atoms with Gasteiger partial charge in [0.05, 0.1) is 0 Å². The zero-order valence-corrected chi connectivity index (χ0v) is 16.5. The summed E-state index contributed by atoms with van der Waals surface area (Å²) in [4.78, 5) is 26.0. The first-order valence-electron chi connectivity index (χ1n) is 9.69. The fourth-order valence-corrected chi connectivity index (χ4v) is 3.84. The summed E-state index contributed by atoms with van der Waals surface area (Å²) in [5.74, 6) is 0.326. The van der Waals surface area contributed by atoms with E-state index in [0.29, 0.717) is 35.8 Å². The van der Waals surface area contributed by atoms with Crippen LogP contribution in [0.25, 0.3) is 11.3 Å². The van der Waals surface area contributed by atoms with Crippen LogP contribution in [0, 0.1) is 0 Å². The van der Waals surface area contributed by atoms with Crippen LogP contribution in [-0.2, 0) is 13.7 Å². The van der Waals surface area contributed by atoms with Crippen molar-refractivity contribution in [2.45, 2.75) is 25.4 Å². The zero-order chi connectivity index (χ0) is 21.3. The molecule has 0 aliphatic carbocycles. The highest BCUT2D eigenvalue weighted by atomic mass is 16.4. The van der Waals surface area contributed by atoms with Crippen LogP contribution in [0.5, 0.6) is 0 Å². The number of furan rings is 1. The number of benzene rings is 1. The van der Waals surface area contributed by atoms with E-state index >= 15 is 0 Å². The second-order valence-electron chi connectivity index (χ2n) is 7.33. The van der Waals surface area contributed by atoms with Crippen LogP contribution >= 0.6 is 0 Å². The van der Waals surface area contributed by atoms with E-state index in [1.54, 1.807) is 39.8 Å². The Morgan fingerprint density at radius 3 is 2.77 bits per heavy atom. The predicted molar refractivity (Wildman–Crippen MR) is 106 cm³/mol. The zero-order valence-electron chi connectivity index (χ0n) is 16.5. The summed E-state index contributed by atoms with van der Waals surface area (Å²) in [6.45, 7) is 0.987. The molecule has 1 aliphatic rings. The normalized spacial score (nSPS) is 16.6. The molecule has 1 amide bonds. The first kappa shape index (κ1) is 19.8. The van der Waals surface area contributed by atoms with E-state index in [0.717, 1.165) is 18.7 Å². The maximum Gasteiger partial charge on any atom is 0.371 e. The predicted octanol–water partition coefficient (Wildman–Crippen LogP) is 2.29. The number of carboxylic acids is 1. The van der Waals surface area contributed by atoms with Crippen molar-refractivity contribution in [2.24, 2.45) is 7.05 Å². The molecular weight excluding hydrogens is 388 g/mol. The minimum absolute atomic E-state index is 0.0480. The number of aromatic carboxylic acids is 1. The molecule has 1 aliphatic heterocycles. The second-order valence-corrected chi connectivity index (χ2v) is 7.33. The minimum atomic E-state index is -1.14. The molecular formula is C21H22N4O5. The second kappa shape index (κ2) is 8.11. The van der Waals surface area contributed by atoms with Crippen LogP contribution in [0.1, 0.15) is 51.3 Å². The molecule has 156 valence electrons. The highest BCUT2D eigenvalue weighted by Gasteiger charge is 2.29. The summed E-state index contributed by atoms with van der Waals surface area (Å²) in [6.07, 6.45) is 1.74. The van der Waals surface area contributed by atoms with Crippen LogP contribution in [0.3, 0.4) is 0 Å². The third-order valence-corrected chi connectivity index (χ3v) is 5.42. The van der Waals surface area contributed by atoms with E-state index in [-0.39, 0.29) is 24.2 Å². The molecule has 30 heavy (non-hydrogen) atoms. The van der Waals surface area contributed by atoms with Crippen molar-refractivity contribution in [1.82, 2.24) is 19.7 Å². The molecule has 1 atom stereocenters. The van der Waals surface area contributed by atoms with Crippen molar-refractivity contribution in [3.63, 3.8) is 0 Å². The highest BCUT2D eigenvalue weighted by Crippen LogP contribution is 2.28. The summed E-state index contributed by atoms with van der Waals surface area (Å²) in [5.41, 5.74) is 1.15. The van der Waals surface area contributed by atoms with Crippen LogP contribution in [0.2, 0.25) is 0 Å². The van der Waals surface area contributed by atoms with Gasteiger partial charge in [-0.2, -0.15) is 0 Å². The van der Waals surface area contributed by atoms with E-state index in [1.165, 1.54) is 6.07 Å². The number of aliphatic hydroxyl groups excluding tert-OH is 1. The number of nitrogens with zero attached hydrogens (tertiary/aromatic N) is 4. The number of carbonyl (C=O) groups excluding carboxylic acids is 1. The largest absolute Gasteiger partial charge is 0.475 e. The molecule has 0 spiro atoms. The monoisotopic (exact) mass is 410 g/mol. The number of aliphatic hydroxyl groups is 1. The summed E-state index contributed by atoms with van der Waals surface area (Å²) >= 11 is 0. The smallest absolute Gasteiger partial charge is 0.371 e. The van der Waals surface area contributed by atoms with Gasteiger partial charge >= 0.3 is 5.97 Å². The average molecular weight is 410 g/mol. The van der Waals surface area contributed by atoms with Crippen molar-refractivity contribution in [3.8, 4) is 11.3 Å². The van der Waals surface area contributed by atoms with Crippen LogP contribution in [0.15, 0.2) is 40.8 Å². The molecule has 4 rings (SSSR count). The van der Waals surface area contributed by atoms with E-state index in [4.69, 9.17) is 9.52 Å². The Hall–Kier alpha value is -3.46. The first-order chi connectivity index (χ1) is 14.5. The van der Waals surface area contributed by atoms with Gasteiger partial charge in [-0.1, -0.05) is 12.1 Å². The number of carbonyl (C=O) groups is 2. The topological polar surface area (TPSA) is 122 Å². The Morgan fingerprint density at radius 2 is 2.07 bits per heavy atom.